The third-order valence-corrected chi connectivity index (χ3v) is 8.90. The fourth-order valence-electron chi connectivity index (χ4n) is 7.14. The number of nitro benzene ring substituents is 1. The Morgan fingerprint density at radius 3 is 2.89 bits per heavy atom. The average Bonchev–Trinajstić information content (AvgIpc) is 3.45. The quantitative estimate of drug-likeness (QED) is 0.444. The summed E-state index contributed by atoms with van der Waals surface area (Å²) < 4.78 is 45.5. The number of ether oxygens (including phenoxy) is 1. The van der Waals surface area contributed by atoms with Gasteiger partial charge in [-0.3, -0.25) is 19.9 Å². The minimum absolute atomic E-state index is 0.0181. The molecule has 202 valence electrons. The second kappa shape index (κ2) is 9.21. The van der Waals surface area contributed by atoms with Crippen molar-refractivity contribution in [2.24, 2.45) is 11.3 Å². The van der Waals surface area contributed by atoms with Crippen molar-refractivity contribution in [3.63, 3.8) is 0 Å². The van der Waals surface area contributed by atoms with Gasteiger partial charge in [-0.2, -0.15) is 13.2 Å². The largest absolute Gasteiger partial charge is 0.493 e. The molecule has 2 saturated carbocycles. The van der Waals surface area contributed by atoms with E-state index in [0.717, 1.165) is 43.5 Å². The second-order valence-corrected chi connectivity index (χ2v) is 11.0. The van der Waals surface area contributed by atoms with E-state index in [0.29, 0.717) is 49.4 Å². The lowest BCUT2D eigenvalue weighted by Gasteiger charge is -2.37. The van der Waals surface area contributed by atoms with Crippen LogP contribution >= 0.6 is 0 Å². The van der Waals surface area contributed by atoms with Crippen molar-refractivity contribution in [2.45, 2.75) is 69.8 Å². The minimum atomic E-state index is -4.48. The van der Waals surface area contributed by atoms with Gasteiger partial charge in [0.15, 0.2) is 0 Å². The normalized spacial score (nSPS) is 28.3. The first-order valence-electron chi connectivity index (χ1n) is 13.2. The summed E-state index contributed by atoms with van der Waals surface area (Å²) in [4.78, 5) is 30.7. The van der Waals surface area contributed by atoms with Crippen LogP contribution in [0.5, 0.6) is 5.75 Å². The predicted octanol–water partition coefficient (Wildman–Crippen LogP) is 4.96. The number of fused-ring (bicyclic) bond motifs is 3. The van der Waals surface area contributed by atoms with E-state index in [9.17, 15) is 28.1 Å². The highest BCUT2D eigenvalue weighted by atomic mass is 19.4. The maximum Gasteiger partial charge on any atom is 0.417 e. The Labute approximate surface area is 217 Å². The number of halogens is 3. The summed E-state index contributed by atoms with van der Waals surface area (Å²) in [5, 5.41) is 15.0. The van der Waals surface area contributed by atoms with E-state index in [2.05, 4.69) is 10.3 Å². The zero-order chi connectivity index (χ0) is 26.7. The molecule has 1 N–H and O–H groups in total. The van der Waals surface area contributed by atoms with E-state index in [-0.39, 0.29) is 36.1 Å². The molecule has 8 nitrogen and oxygen atoms in total. The Kier molecular flexibility index (Phi) is 6.08. The second-order valence-electron chi connectivity index (χ2n) is 11.0. The molecule has 0 spiro atoms. The lowest BCUT2D eigenvalue weighted by atomic mass is 9.78. The molecule has 3 heterocycles. The summed E-state index contributed by atoms with van der Waals surface area (Å²) in [5.74, 6) is 0.885. The van der Waals surface area contributed by atoms with Crippen LogP contribution in [0.15, 0.2) is 30.5 Å². The topological polar surface area (TPSA) is 97.6 Å². The van der Waals surface area contributed by atoms with Crippen molar-refractivity contribution < 1.29 is 27.6 Å². The number of rotatable bonds is 4. The molecule has 1 aromatic heterocycles. The summed E-state index contributed by atoms with van der Waals surface area (Å²) in [6.45, 7) is 1.10. The van der Waals surface area contributed by atoms with Crippen LogP contribution in [0.4, 0.5) is 18.9 Å². The van der Waals surface area contributed by atoms with Crippen LogP contribution in [0.2, 0.25) is 0 Å². The maximum atomic E-state index is 14.0. The molecule has 38 heavy (non-hydrogen) atoms. The number of aromatic nitrogens is 1. The van der Waals surface area contributed by atoms with E-state index in [1.807, 2.05) is 0 Å². The number of nitro groups is 1. The number of nitrogens with zero attached hydrogens (tertiary/aromatic N) is 3. The van der Waals surface area contributed by atoms with Gasteiger partial charge in [-0.1, -0.05) is 6.42 Å². The molecule has 4 atom stereocenters. The molecule has 2 aliphatic carbocycles. The molecule has 2 aliphatic heterocycles. The Balaban J connectivity index is 1.20. The summed E-state index contributed by atoms with van der Waals surface area (Å²) in [7, 11) is 0. The highest BCUT2D eigenvalue weighted by molar-refractivity contribution is 5.84. The Morgan fingerprint density at radius 1 is 1.26 bits per heavy atom. The fraction of sp³-hybridized carbons (Fsp3) is 0.556. The van der Waals surface area contributed by atoms with E-state index in [1.165, 1.54) is 6.07 Å². The van der Waals surface area contributed by atoms with Crippen molar-refractivity contribution >= 4 is 11.6 Å². The van der Waals surface area contributed by atoms with Crippen LogP contribution < -0.4 is 10.1 Å². The van der Waals surface area contributed by atoms with Crippen LogP contribution in [0.1, 0.15) is 67.0 Å². The number of amides is 1. The van der Waals surface area contributed by atoms with Crippen LogP contribution in [0.25, 0.3) is 0 Å². The number of carbonyl (C=O) groups excluding carboxylic acids is 1. The number of hydrogen-bond acceptors (Lipinski definition) is 6. The number of hydrogen-bond donors (Lipinski definition) is 1. The molecule has 0 bridgehead atoms. The molecule has 1 amide bonds. The van der Waals surface area contributed by atoms with Crippen LogP contribution in [-0.4, -0.2) is 39.9 Å². The van der Waals surface area contributed by atoms with E-state index in [4.69, 9.17) is 4.74 Å². The zero-order valence-corrected chi connectivity index (χ0v) is 20.8. The predicted molar refractivity (Wildman–Crippen MR) is 130 cm³/mol. The molecule has 0 saturated heterocycles. The van der Waals surface area contributed by atoms with Crippen LogP contribution in [0.3, 0.4) is 0 Å². The van der Waals surface area contributed by atoms with Gasteiger partial charge in [0.25, 0.3) is 5.69 Å². The molecule has 1 aromatic carbocycles. The molecule has 2 aromatic rings. The van der Waals surface area contributed by atoms with E-state index in [1.54, 1.807) is 17.0 Å². The maximum absolute atomic E-state index is 14.0. The van der Waals surface area contributed by atoms with Crippen molar-refractivity contribution in [3.05, 3.63) is 63.0 Å². The van der Waals surface area contributed by atoms with Gasteiger partial charge in [0.05, 0.1) is 22.5 Å². The summed E-state index contributed by atoms with van der Waals surface area (Å²) in [5.41, 5.74) is 0.567. The highest BCUT2D eigenvalue weighted by Gasteiger charge is 2.56. The molecule has 4 aliphatic rings. The van der Waals surface area contributed by atoms with Gasteiger partial charge in [0, 0.05) is 67.6 Å². The number of nitrogens with one attached hydrogen (secondary N) is 1. The average molecular weight is 531 g/mol. The van der Waals surface area contributed by atoms with Crippen molar-refractivity contribution in [1.29, 1.82) is 0 Å². The van der Waals surface area contributed by atoms with E-state index < -0.39 is 22.1 Å². The Hall–Kier alpha value is -3.21. The Bertz CT molecular complexity index is 1290. The summed E-state index contributed by atoms with van der Waals surface area (Å²) in [6, 6.07) is 5.74. The highest BCUT2D eigenvalue weighted by Crippen LogP contribution is 2.56. The third kappa shape index (κ3) is 4.30. The number of pyridine rings is 1. The SMILES string of the molecule is O=C(N1CCc2ncc(C(F)(F)F)cc2C1)[C@@]12CCC[C@@H]1CC(N[C@H]1CCOc3ccc([N+](=O)[O-])cc31)C2. The van der Waals surface area contributed by atoms with Gasteiger partial charge in [-0.15, -0.1) is 0 Å². The van der Waals surface area contributed by atoms with Gasteiger partial charge in [-0.25, -0.2) is 0 Å². The Morgan fingerprint density at radius 2 is 2.11 bits per heavy atom. The molecule has 1 unspecified atom stereocenters. The number of benzene rings is 1. The molecular weight excluding hydrogens is 501 g/mol. The number of alkyl halides is 3. The first-order valence-corrected chi connectivity index (χ1v) is 13.2. The van der Waals surface area contributed by atoms with Gasteiger partial charge in [0.1, 0.15) is 5.75 Å². The zero-order valence-electron chi connectivity index (χ0n) is 20.8. The van der Waals surface area contributed by atoms with Gasteiger partial charge in [0.2, 0.25) is 5.91 Å². The lowest BCUT2D eigenvalue weighted by molar-refractivity contribution is -0.385. The number of carbonyl (C=O) groups is 1. The van der Waals surface area contributed by atoms with Crippen molar-refractivity contribution in [3.8, 4) is 5.75 Å². The monoisotopic (exact) mass is 530 g/mol. The third-order valence-electron chi connectivity index (χ3n) is 8.90. The molecule has 2 fully saturated rings. The van der Waals surface area contributed by atoms with E-state index >= 15 is 0 Å². The standard InChI is InChI=1S/C27H29F3N4O4/c28-27(29,30)18-10-16-15-33(8-5-22(16)31-14-18)25(35)26-7-1-2-17(26)11-19(13-26)32-23-6-9-38-24-4-3-20(34(36)37)12-21(23)24/h3-4,10,12,14,17,19,23,32H,1-2,5-9,11,13,15H2/t17-,19?,23+,26-/m1/s1. The lowest BCUT2D eigenvalue weighted by Crippen LogP contribution is -2.47. The smallest absolute Gasteiger partial charge is 0.417 e. The first-order chi connectivity index (χ1) is 18.1. The van der Waals surface area contributed by atoms with Crippen LogP contribution in [0, 0.1) is 21.4 Å². The van der Waals surface area contributed by atoms with Crippen molar-refractivity contribution in [1.82, 2.24) is 15.2 Å². The minimum Gasteiger partial charge on any atom is -0.493 e. The molecular formula is C27H29F3N4O4. The summed E-state index contributed by atoms with van der Waals surface area (Å²) in [6.07, 6.45) is 1.68. The van der Waals surface area contributed by atoms with Gasteiger partial charge in [-0.05, 0) is 49.3 Å². The van der Waals surface area contributed by atoms with Gasteiger partial charge >= 0.3 is 6.18 Å². The van der Waals surface area contributed by atoms with Gasteiger partial charge < -0.3 is 15.0 Å². The molecule has 11 heteroatoms. The molecule has 0 radical (unpaired) electrons. The first kappa shape index (κ1) is 25.1. The van der Waals surface area contributed by atoms with Crippen molar-refractivity contribution in [2.75, 3.05) is 13.2 Å². The van der Waals surface area contributed by atoms with Crippen LogP contribution in [-0.2, 0) is 23.9 Å². The fourth-order valence-corrected chi connectivity index (χ4v) is 7.14. The molecule has 6 rings (SSSR count). The number of non-ortho nitro benzene ring substituents is 1. The summed E-state index contributed by atoms with van der Waals surface area (Å²) >= 11 is 0.